The van der Waals surface area contributed by atoms with Crippen molar-refractivity contribution in [2.75, 3.05) is 0 Å². The van der Waals surface area contributed by atoms with Crippen LogP contribution in [0.15, 0.2) is 79.1 Å². The number of nitrogens with zero attached hydrogens (tertiary/aromatic N) is 2. The zero-order valence-electron chi connectivity index (χ0n) is 11.3. The van der Waals surface area contributed by atoms with E-state index in [1.807, 2.05) is 24.5 Å². The van der Waals surface area contributed by atoms with Crippen molar-refractivity contribution in [3.8, 4) is 0 Å². The summed E-state index contributed by atoms with van der Waals surface area (Å²) in [5.74, 6) is 0. The second kappa shape index (κ2) is 7.53. The standard InChI is InChI=1S/C17H14N2Se2/c1-2-8-14(9-3-1)17(20-15-10-4-6-12-18-15)21-16-11-5-7-13-19-16/h1-13,17H. The van der Waals surface area contributed by atoms with Gasteiger partial charge in [0.05, 0.1) is 0 Å². The van der Waals surface area contributed by atoms with E-state index in [-0.39, 0.29) is 0 Å². The fourth-order valence-electron chi connectivity index (χ4n) is 1.82. The van der Waals surface area contributed by atoms with Crippen molar-refractivity contribution in [2.45, 2.75) is 3.71 Å². The Morgan fingerprint density at radius 1 is 0.619 bits per heavy atom. The molecule has 2 aromatic heterocycles. The summed E-state index contributed by atoms with van der Waals surface area (Å²) in [6.07, 6.45) is 3.76. The first kappa shape index (κ1) is 14.5. The average molecular weight is 404 g/mol. The molecule has 3 rings (SSSR count). The molecule has 2 heterocycles. The van der Waals surface area contributed by atoms with Crippen LogP contribution in [0.2, 0.25) is 0 Å². The fraction of sp³-hybridized carbons (Fsp3) is 0.0588. The van der Waals surface area contributed by atoms with Gasteiger partial charge in [-0.25, -0.2) is 0 Å². The molecule has 104 valence electrons. The number of rotatable bonds is 5. The quantitative estimate of drug-likeness (QED) is 0.603. The topological polar surface area (TPSA) is 25.8 Å². The second-order valence-electron chi connectivity index (χ2n) is 4.31. The number of benzene rings is 1. The predicted octanol–water partition coefficient (Wildman–Crippen LogP) is 1.53. The van der Waals surface area contributed by atoms with Gasteiger partial charge in [-0.15, -0.1) is 0 Å². The Morgan fingerprint density at radius 3 is 1.62 bits per heavy atom. The van der Waals surface area contributed by atoms with Gasteiger partial charge in [0.15, 0.2) is 0 Å². The van der Waals surface area contributed by atoms with E-state index in [4.69, 9.17) is 0 Å². The Kier molecular flexibility index (Phi) is 5.20. The molecule has 2 nitrogen and oxygen atoms in total. The maximum absolute atomic E-state index is 4.50. The van der Waals surface area contributed by atoms with Crippen LogP contribution in [0.1, 0.15) is 9.28 Å². The normalized spacial score (nSPS) is 10.7. The zero-order chi connectivity index (χ0) is 14.3. The van der Waals surface area contributed by atoms with Crippen molar-refractivity contribution in [3.63, 3.8) is 0 Å². The van der Waals surface area contributed by atoms with E-state index >= 15 is 0 Å². The average Bonchev–Trinajstić information content (AvgIpc) is 2.57. The van der Waals surface area contributed by atoms with Gasteiger partial charge in [-0.05, 0) is 0 Å². The van der Waals surface area contributed by atoms with Gasteiger partial charge in [0.1, 0.15) is 0 Å². The summed E-state index contributed by atoms with van der Waals surface area (Å²) in [5.41, 5.74) is 1.40. The van der Waals surface area contributed by atoms with Gasteiger partial charge in [0.25, 0.3) is 0 Å². The maximum atomic E-state index is 4.50. The molecular weight excluding hydrogens is 390 g/mol. The molecule has 3 aromatic rings. The van der Waals surface area contributed by atoms with Gasteiger partial charge >= 0.3 is 137 Å². The molecule has 0 unspecified atom stereocenters. The summed E-state index contributed by atoms with van der Waals surface area (Å²) < 4.78 is 2.93. The Hall–Kier alpha value is -1.44. The third-order valence-electron chi connectivity index (χ3n) is 2.80. The van der Waals surface area contributed by atoms with Crippen LogP contribution in [0.4, 0.5) is 0 Å². The van der Waals surface area contributed by atoms with Crippen molar-refractivity contribution < 1.29 is 0 Å². The van der Waals surface area contributed by atoms with Crippen molar-refractivity contribution in [1.82, 2.24) is 9.97 Å². The molecule has 0 radical (unpaired) electrons. The van der Waals surface area contributed by atoms with E-state index < -0.39 is 0 Å². The van der Waals surface area contributed by atoms with Crippen LogP contribution in [0.25, 0.3) is 0 Å². The van der Waals surface area contributed by atoms with Crippen LogP contribution in [0.3, 0.4) is 0 Å². The molecule has 0 fully saturated rings. The van der Waals surface area contributed by atoms with Crippen molar-refractivity contribution in [3.05, 3.63) is 84.7 Å². The van der Waals surface area contributed by atoms with Gasteiger partial charge < -0.3 is 0 Å². The van der Waals surface area contributed by atoms with Crippen LogP contribution >= 0.6 is 0 Å². The van der Waals surface area contributed by atoms with Crippen LogP contribution in [0, 0.1) is 0 Å². The molecule has 0 atom stereocenters. The number of hydrogen-bond acceptors (Lipinski definition) is 2. The van der Waals surface area contributed by atoms with E-state index in [1.165, 1.54) is 14.7 Å². The van der Waals surface area contributed by atoms with E-state index in [9.17, 15) is 0 Å². The van der Waals surface area contributed by atoms with E-state index in [0.29, 0.717) is 33.6 Å². The third kappa shape index (κ3) is 4.26. The predicted molar refractivity (Wildman–Crippen MR) is 88.4 cm³/mol. The Labute approximate surface area is 137 Å². The Morgan fingerprint density at radius 2 is 1.14 bits per heavy atom. The second-order valence-corrected chi connectivity index (χ2v) is 10.5. The van der Waals surface area contributed by atoms with Gasteiger partial charge in [-0.1, -0.05) is 0 Å². The summed E-state index contributed by atoms with van der Waals surface area (Å²) in [4.78, 5) is 9.01. The summed E-state index contributed by atoms with van der Waals surface area (Å²) in [7, 11) is 0. The molecule has 0 spiro atoms. The SMILES string of the molecule is c1ccc(C([Se]c2ccccn2)[Se]c2ccccn2)cc1. The molecule has 0 amide bonds. The summed E-state index contributed by atoms with van der Waals surface area (Å²) in [5, 5.41) is 0. The van der Waals surface area contributed by atoms with Gasteiger partial charge in [-0.2, -0.15) is 0 Å². The van der Waals surface area contributed by atoms with Gasteiger partial charge in [0, 0.05) is 0 Å². The number of pyridine rings is 2. The van der Waals surface area contributed by atoms with Gasteiger partial charge in [-0.3, -0.25) is 0 Å². The van der Waals surface area contributed by atoms with Crippen LogP contribution < -0.4 is 9.18 Å². The summed E-state index contributed by atoms with van der Waals surface area (Å²) in [6, 6.07) is 23.1. The molecule has 0 saturated carbocycles. The molecule has 21 heavy (non-hydrogen) atoms. The Bertz CT molecular complexity index is 619. The summed E-state index contributed by atoms with van der Waals surface area (Å²) in [6.45, 7) is 0. The third-order valence-corrected chi connectivity index (χ3v) is 8.97. The first-order valence-electron chi connectivity index (χ1n) is 6.62. The van der Waals surface area contributed by atoms with E-state index in [1.54, 1.807) is 0 Å². The summed E-state index contributed by atoms with van der Waals surface area (Å²) >= 11 is 0.639. The van der Waals surface area contributed by atoms with E-state index in [0.717, 1.165) is 0 Å². The molecule has 0 saturated heterocycles. The molecule has 0 aliphatic carbocycles. The van der Waals surface area contributed by atoms with Crippen LogP contribution in [-0.2, 0) is 0 Å². The van der Waals surface area contributed by atoms with Crippen LogP contribution in [0.5, 0.6) is 0 Å². The fourth-order valence-corrected chi connectivity index (χ4v) is 7.92. The number of hydrogen-bond donors (Lipinski definition) is 0. The minimum atomic E-state index is 0.320. The van der Waals surface area contributed by atoms with Crippen molar-refractivity contribution in [2.24, 2.45) is 0 Å². The number of aromatic nitrogens is 2. The van der Waals surface area contributed by atoms with Crippen molar-refractivity contribution in [1.29, 1.82) is 0 Å². The molecule has 1 aromatic carbocycles. The Balaban J connectivity index is 1.84. The molecule has 0 bridgehead atoms. The van der Waals surface area contributed by atoms with Gasteiger partial charge in [0.2, 0.25) is 0 Å². The molecule has 0 N–H and O–H groups in total. The van der Waals surface area contributed by atoms with Crippen LogP contribution in [-0.4, -0.2) is 39.9 Å². The molecule has 0 aliphatic heterocycles. The monoisotopic (exact) mass is 406 g/mol. The first-order valence-corrected chi connectivity index (χ1v) is 10.3. The molecule has 0 aliphatic rings. The van der Waals surface area contributed by atoms with E-state index in [2.05, 4.69) is 64.6 Å². The molecule has 4 heteroatoms. The minimum absolute atomic E-state index is 0.320. The zero-order valence-corrected chi connectivity index (χ0v) is 14.7. The molecular formula is C17H14N2Se2. The first-order chi connectivity index (χ1) is 10.4. The van der Waals surface area contributed by atoms with Crippen molar-refractivity contribution >= 4 is 39.1 Å².